The molecular formula is C15H19NOS. The Morgan fingerprint density at radius 2 is 1.83 bits per heavy atom. The van der Waals surface area contributed by atoms with Crippen molar-refractivity contribution >= 4 is 11.3 Å². The number of rotatable bonds is 6. The van der Waals surface area contributed by atoms with Gasteiger partial charge in [0.15, 0.2) is 0 Å². The molecule has 1 atom stereocenters. The maximum atomic E-state index is 5.87. The van der Waals surface area contributed by atoms with Crippen LogP contribution in [-0.4, -0.2) is 13.7 Å². The Morgan fingerprint density at radius 1 is 1.11 bits per heavy atom. The van der Waals surface area contributed by atoms with Crippen molar-refractivity contribution in [3.63, 3.8) is 0 Å². The average Bonchev–Trinajstić information content (AvgIpc) is 2.91. The van der Waals surface area contributed by atoms with Crippen molar-refractivity contribution in [2.75, 3.05) is 13.7 Å². The Kier molecular flexibility index (Phi) is 4.79. The van der Waals surface area contributed by atoms with Gasteiger partial charge in [-0.15, -0.1) is 0 Å². The molecule has 0 saturated carbocycles. The lowest BCUT2D eigenvalue weighted by Gasteiger charge is -2.14. The Hall–Kier alpha value is -1.32. The molecule has 2 rings (SSSR count). The molecule has 3 heteroatoms. The molecule has 18 heavy (non-hydrogen) atoms. The van der Waals surface area contributed by atoms with Crippen LogP contribution in [0.1, 0.15) is 11.1 Å². The zero-order chi connectivity index (χ0) is 12.8. The van der Waals surface area contributed by atoms with Gasteiger partial charge in [0, 0.05) is 0 Å². The summed E-state index contributed by atoms with van der Waals surface area (Å²) >= 11 is 1.75. The molecule has 1 aromatic carbocycles. The molecule has 0 bridgehead atoms. The smallest absolute Gasteiger partial charge is 0.118 e. The minimum absolute atomic E-state index is 0.507. The van der Waals surface area contributed by atoms with Gasteiger partial charge in [-0.05, 0) is 65.4 Å². The average molecular weight is 261 g/mol. The summed E-state index contributed by atoms with van der Waals surface area (Å²) in [5.74, 6) is 1.41. The molecule has 96 valence electrons. The fourth-order valence-electron chi connectivity index (χ4n) is 2.08. The van der Waals surface area contributed by atoms with Gasteiger partial charge in [-0.25, -0.2) is 0 Å². The highest BCUT2D eigenvalue weighted by Crippen LogP contribution is 2.18. The van der Waals surface area contributed by atoms with Crippen LogP contribution in [0, 0.1) is 5.92 Å². The lowest BCUT2D eigenvalue weighted by molar-refractivity contribution is 0.414. The highest BCUT2D eigenvalue weighted by molar-refractivity contribution is 7.07. The van der Waals surface area contributed by atoms with Gasteiger partial charge in [0.25, 0.3) is 0 Å². The number of ether oxygens (including phenoxy) is 1. The van der Waals surface area contributed by atoms with Gasteiger partial charge in [-0.1, -0.05) is 12.1 Å². The van der Waals surface area contributed by atoms with E-state index in [1.54, 1.807) is 18.4 Å². The second-order valence-corrected chi connectivity index (χ2v) is 5.27. The van der Waals surface area contributed by atoms with Gasteiger partial charge < -0.3 is 10.5 Å². The Morgan fingerprint density at radius 3 is 2.39 bits per heavy atom. The van der Waals surface area contributed by atoms with Crippen molar-refractivity contribution in [3.05, 3.63) is 52.2 Å². The molecule has 2 nitrogen and oxygen atoms in total. The van der Waals surface area contributed by atoms with E-state index in [1.807, 2.05) is 12.1 Å². The number of hydrogen-bond donors (Lipinski definition) is 1. The van der Waals surface area contributed by atoms with E-state index in [0.717, 1.165) is 25.1 Å². The van der Waals surface area contributed by atoms with Gasteiger partial charge >= 0.3 is 0 Å². The van der Waals surface area contributed by atoms with Crippen LogP contribution in [0.4, 0.5) is 0 Å². The summed E-state index contributed by atoms with van der Waals surface area (Å²) in [4.78, 5) is 0. The zero-order valence-electron chi connectivity index (χ0n) is 10.6. The predicted molar refractivity (Wildman–Crippen MR) is 77.3 cm³/mol. The van der Waals surface area contributed by atoms with Crippen molar-refractivity contribution in [1.29, 1.82) is 0 Å². The van der Waals surface area contributed by atoms with E-state index in [9.17, 15) is 0 Å². The van der Waals surface area contributed by atoms with Gasteiger partial charge in [-0.2, -0.15) is 11.3 Å². The normalized spacial score (nSPS) is 12.3. The van der Waals surface area contributed by atoms with Crippen LogP contribution in [-0.2, 0) is 12.8 Å². The third-order valence-corrected chi connectivity index (χ3v) is 3.85. The van der Waals surface area contributed by atoms with Crippen LogP contribution in [0.3, 0.4) is 0 Å². The van der Waals surface area contributed by atoms with Crippen LogP contribution in [0.15, 0.2) is 41.1 Å². The third-order valence-electron chi connectivity index (χ3n) is 3.12. The van der Waals surface area contributed by atoms with Gasteiger partial charge in [0.1, 0.15) is 5.75 Å². The topological polar surface area (TPSA) is 35.2 Å². The first-order valence-electron chi connectivity index (χ1n) is 6.16. The van der Waals surface area contributed by atoms with Crippen molar-refractivity contribution < 1.29 is 4.74 Å². The minimum atomic E-state index is 0.507. The van der Waals surface area contributed by atoms with E-state index >= 15 is 0 Å². The summed E-state index contributed by atoms with van der Waals surface area (Å²) in [6, 6.07) is 10.4. The van der Waals surface area contributed by atoms with E-state index < -0.39 is 0 Å². The summed E-state index contributed by atoms with van der Waals surface area (Å²) in [5, 5.41) is 4.33. The van der Waals surface area contributed by atoms with Crippen LogP contribution in [0.5, 0.6) is 5.75 Å². The first-order chi connectivity index (χ1) is 8.81. The molecule has 1 heterocycles. The molecule has 0 fully saturated rings. The van der Waals surface area contributed by atoms with E-state index in [4.69, 9.17) is 10.5 Å². The van der Waals surface area contributed by atoms with Gasteiger partial charge in [0.05, 0.1) is 7.11 Å². The van der Waals surface area contributed by atoms with E-state index in [1.165, 1.54) is 11.1 Å². The molecule has 0 radical (unpaired) electrons. The molecule has 0 amide bonds. The van der Waals surface area contributed by atoms with Crippen molar-refractivity contribution in [2.24, 2.45) is 11.7 Å². The second kappa shape index (κ2) is 6.57. The Labute approximate surface area is 112 Å². The third kappa shape index (κ3) is 3.59. The SMILES string of the molecule is COc1ccc(CC(CN)Cc2ccsc2)cc1. The van der Waals surface area contributed by atoms with E-state index in [0.29, 0.717) is 5.92 Å². The molecule has 1 unspecified atom stereocenters. The van der Waals surface area contributed by atoms with Crippen LogP contribution in [0.2, 0.25) is 0 Å². The summed E-state index contributed by atoms with van der Waals surface area (Å²) in [7, 11) is 1.69. The Balaban J connectivity index is 1.96. The second-order valence-electron chi connectivity index (χ2n) is 4.49. The lowest BCUT2D eigenvalue weighted by atomic mass is 9.94. The molecule has 0 aliphatic carbocycles. The summed E-state index contributed by atoms with van der Waals surface area (Å²) < 4.78 is 5.16. The highest BCUT2D eigenvalue weighted by atomic mass is 32.1. The lowest BCUT2D eigenvalue weighted by Crippen LogP contribution is -2.19. The Bertz CT molecular complexity index is 450. The number of hydrogen-bond acceptors (Lipinski definition) is 3. The van der Waals surface area contributed by atoms with E-state index in [-0.39, 0.29) is 0 Å². The number of thiophene rings is 1. The molecule has 0 aliphatic heterocycles. The predicted octanol–water partition coefficient (Wildman–Crippen LogP) is 3.12. The maximum absolute atomic E-state index is 5.87. The fraction of sp³-hybridized carbons (Fsp3) is 0.333. The molecule has 0 spiro atoms. The van der Waals surface area contributed by atoms with Crippen molar-refractivity contribution in [2.45, 2.75) is 12.8 Å². The van der Waals surface area contributed by atoms with Crippen molar-refractivity contribution in [3.8, 4) is 5.75 Å². The number of nitrogens with two attached hydrogens (primary N) is 1. The molecule has 0 saturated heterocycles. The first-order valence-corrected chi connectivity index (χ1v) is 7.10. The molecule has 2 N–H and O–H groups in total. The molecule has 1 aromatic heterocycles. The minimum Gasteiger partial charge on any atom is -0.497 e. The van der Waals surface area contributed by atoms with Crippen LogP contribution >= 0.6 is 11.3 Å². The standard InChI is InChI=1S/C15H19NOS/c1-17-15-4-2-12(3-5-15)8-14(10-16)9-13-6-7-18-11-13/h2-7,11,14H,8-10,16H2,1H3. The largest absolute Gasteiger partial charge is 0.497 e. The quantitative estimate of drug-likeness (QED) is 0.867. The zero-order valence-corrected chi connectivity index (χ0v) is 11.5. The number of methoxy groups -OCH3 is 1. The molecule has 2 aromatic rings. The maximum Gasteiger partial charge on any atom is 0.118 e. The van der Waals surface area contributed by atoms with Crippen molar-refractivity contribution in [1.82, 2.24) is 0 Å². The molecular weight excluding hydrogens is 242 g/mol. The van der Waals surface area contributed by atoms with Crippen LogP contribution < -0.4 is 10.5 Å². The van der Waals surface area contributed by atoms with Crippen LogP contribution in [0.25, 0.3) is 0 Å². The number of benzene rings is 1. The van der Waals surface area contributed by atoms with Gasteiger partial charge in [-0.3, -0.25) is 0 Å². The monoisotopic (exact) mass is 261 g/mol. The summed E-state index contributed by atoms with van der Waals surface area (Å²) in [6.07, 6.45) is 2.09. The summed E-state index contributed by atoms with van der Waals surface area (Å²) in [6.45, 7) is 0.724. The summed E-state index contributed by atoms with van der Waals surface area (Å²) in [5.41, 5.74) is 8.59. The fourth-order valence-corrected chi connectivity index (χ4v) is 2.76. The molecule has 0 aliphatic rings. The van der Waals surface area contributed by atoms with Gasteiger partial charge in [0.2, 0.25) is 0 Å². The van der Waals surface area contributed by atoms with E-state index in [2.05, 4.69) is 29.0 Å². The first kappa shape index (κ1) is 13.1. The highest BCUT2D eigenvalue weighted by Gasteiger charge is 2.09.